The lowest BCUT2D eigenvalue weighted by atomic mass is 10.2. The van der Waals surface area contributed by atoms with Crippen LogP contribution in [0, 0.1) is 12.8 Å². The van der Waals surface area contributed by atoms with Gasteiger partial charge in [-0.3, -0.25) is 4.79 Å². The van der Waals surface area contributed by atoms with Crippen molar-refractivity contribution in [1.29, 1.82) is 0 Å². The van der Waals surface area contributed by atoms with Gasteiger partial charge in [0, 0.05) is 11.4 Å². The van der Waals surface area contributed by atoms with Crippen LogP contribution >= 0.6 is 11.8 Å². The minimum atomic E-state index is -0.0376. The first kappa shape index (κ1) is 14.9. The van der Waals surface area contributed by atoms with Crippen molar-refractivity contribution >= 4 is 29.0 Å². The maximum Gasteiger partial charge on any atom is 0.237 e. The summed E-state index contributed by atoms with van der Waals surface area (Å²) in [5.41, 5.74) is 8.23. The number of rotatable bonds is 5. The number of amides is 1. The minimum absolute atomic E-state index is 0.0376. The third kappa shape index (κ3) is 4.61. The Hall–Kier alpha value is -1.16. The van der Waals surface area contributed by atoms with Crippen molar-refractivity contribution in [1.82, 2.24) is 0 Å². The molecule has 3 nitrogen and oxygen atoms in total. The topological polar surface area (TPSA) is 55.1 Å². The fourth-order valence-corrected chi connectivity index (χ4v) is 2.36. The third-order valence-electron chi connectivity index (χ3n) is 2.56. The number of anilines is 2. The van der Waals surface area contributed by atoms with Crippen molar-refractivity contribution in [2.24, 2.45) is 5.92 Å². The summed E-state index contributed by atoms with van der Waals surface area (Å²) in [6.45, 7) is 8.19. The van der Waals surface area contributed by atoms with E-state index >= 15 is 0 Å². The highest BCUT2D eigenvalue weighted by molar-refractivity contribution is 8.00. The summed E-state index contributed by atoms with van der Waals surface area (Å²) in [5.74, 6) is 1.65. The molecular weight excluding hydrogens is 244 g/mol. The monoisotopic (exact) mass is 266 g/mol. The first-order valence-electron chi connectivity index (χ1n) is 6.18. The number of carbonyl (C=O) groups is 1. The third-order valence-corrected chi connectivity index (χ3v) is 4.13. The Morgan fingerprint density at radius 2 is 2.06 bits per heavy atom. The van der Waals surface area contributed by atoms with Crippen LogP contribution in [-0.2, 0) is 4.79 Å². The SMILES string of the molecule is Cc1cc(N)ccc1NC(=O)C(C)SCC(C)C. The number of carbonyl (C=O) groups excluding carboxylic acids is 1. The van der Waals surface area contributed by atoms with E-state index in [9.17, 15) is 4.79 Å². The molecule has 0 spiro atoms. The Morgan fingerprint density at radius 3 is 2.61 bits per heavy atom. The molecule has 0 aromatic heterocycles. The van der Waals surface area contributed by atoms with Gasteiger partial charge >= 0.3 is 0 Å². The second-order valence-electron chi connectivity index (χ2n) is 4.93. The zero-order valence-electron chi connectivity index (χ0n) is 11.5. The molecule has 1 amide bonds. The first-order chi connectivity index (χ1) is 8.40. The number of hydrogen-bond donors (Lipinski definition) is 2. The number of thioether (sulfide) groups is 1. The lowest BCUT2D eigenvalue weighted by Crippen LogP contribution is -2.23. The predicted octanol–water partition coefficient (Wildman–Crippen LogP) is 3.29. The maximum absolute atomic E-state index is 12.0. The molecule has 18 heavy (non-hydrogen) atoms. The summed E-state index contributed by atoms with van der Waals surface area (Å²) in [6.07, 6.45) is 0. The van der Waals surface area contributed by atoms with Gasteiger partial charge in [0.25, 0.3) is 0 Å². The van der Waals surface area contributed by atoms with E-state index in [0.29, 0.717) is 11.6 Å². The Labute approximate surface area is 114 Å². The van der Waals surface area contributed by atoms with Gasteiger partial charge < -0.3 is 11.1 Å². The second kappa shape index (κ2) is 6.69. The van der Waals surface area contributed by atoms with Crippen molar-refractivity contribution in [3.63, 3.8) is 0 Å². The average molecular weight is 266 g/mol. The van der Waals surface area contributed by atoms with Gasteiger partial charge in [0.2, 0.25) is 5.91 Å². The molecule has 0 aliphatic rings. The van der Waals surface area contributed by atoms with Gasteiger partial charge in [-0.15, -0.1) is 11.8 Å². The lowest BCUT2D eigenvalue weighted by molar-refractivity contribution is -0.115. The largest absolute Gasteiger partial charge is 0.399 e. The van der Waals surface area contributed by atoms with Gasteiger partial charge in [-0.05, 0) is 49.3 Å². The predicted molar refractivity (Wildman–Crippen MR) is 81.0 cm³/mol. The van der Waals surface area contributed by atoms with Gasteiger partial charge in [0.1, 0.15) is 0 Å². The molecular formula is C14H22N2OS. The van der Waals surface area contributed by atoms with Gasteiger partial charge in [-0.1, -0.05) is 13.8 Å². The zero-order chi connectivity index (χ0) is 13.7. The maximum atomic E-state index is 12.0. The van der Waals surface area contributed by atoms with E-state index in [1.165, 1.54) is 0 Å². The molecule has 0 saturated carbocycles. The van der Waals surface area contributed by atoms with Crippen molar-refractivity contribution in [3.8, 4) is 0 Å². The summed E-state index contributed by atoms with van der Waals surface area (Å²) < 4.78 is 0. The number of benzene rings is 1. The Kier molecular flexibility index (Phi) is 5.54. The molecule has 1 aromatic carbocycles. The van der Waals surface area contributed by atoms with Gasteiger partial charge in [0.15, 0.2) is 0 Å². The van der Waals surface area contributed by atoms with Crippen LogP contribution in [0.5, 0.6) is 0 Å². The number of nitrogens with one attached hydrogen (secondary N) is 1. The summed E-state index contributed by atoms with van der Waals surface area (Å²) in [4.78, 5) is 12.0. The summed E-state index contributed by atoms with van der Waals surface area (Å²) in [6, 6.07) is 5.51. The van der Waals surface area contributed by atoms with E-state index in [4.69, 9.17) is 5.73 Å². The Balaban J connectivity index is 2.58. The van der Waals surface area contributed by atoms with E-state index in [1.54, 1.807) is 17.8 Å². The second-order valence-corrected chi connectivity index (χ2v) is 6.31. The van der Waals surface area contributed by atoms with Gasteiger partial charge in [-0.25, -0.2) is 0 Å². The van der Waals surface area contributed by atoms with Crippen LogP contribution in [0.25, 0.3) is 0 Å². The quantitative estimate of drug-likeness (QED) is 0.804. The number of hydrogen-bond acceptors (Lipinski definition) is 3. The van der Waals surface area contributed by atoms with Crippen LogP contribution in [0.1, 0.15) is 26.3 Å². The van der Waals surface area contributed by atoms with Crippen molar-refractivity contribution in [2.45, 2.75) is 32.9 Å². The molecule has 0 aliphatic carbocycles. The summed E-state index contributed by atoms with van der Waals surface area (Å²) >= 11 is 1.68. The smallest absolute Gasteiger partial charge is 0.237 e. The van der Waals surface area contributed by atoms with E-state index in [0.717, 1.165) is 17.0 Å². The van der Waals surface area contributed by atoms with Crippen LogP contribution in [-0.4, -0.2) is 16.9 Å². The molecule has 0 bridgehead atoms. The minimum Gasteiger partial charge on any atom is -0.399 e. The number of nitrogen functional groups attached to an aromatic ring is 1. The standard InChI is InChI=1S/C14H22N2OS/c1-9(2)8-18-11(4)14(17)16-13-6-5-12(15)7-10(13)3/h5-7,9,11H,8,15H2,1-4H3,(H,16,17). The molecule has 1 aromatic rings. The van der Waals surface area contributed by atoms with Gasteiger partial charge in [-0.2, -0.15) is 0 Å². The Bertz CT molecular complexity index is 418. The Morgan fingerprint density at radius 1 is 1.39 bits per heavy atom. The summed E-state index contributed by atoms with van der Waals surface area (Å²) in [5, 5.41) is 2.91. The normalized spacial score (nSPS) is 12.5. The zero-order valence-corrected chi connectivity index (χ0v) is 12.3. The molecule has 3 N–H and O–H groups in total. The first-order valence-corrected chi connectivity index (χ1v) is 7.23. The average Bonchev–Trinajstić information content (AvgIpc) is 2.29. The fraction of sp³-hybridized carbons (Fsp3) is 0.500. The van der Waals surface area contributed by atoms with Crippen molar-refractivity contribution in [3.05, 3.63) is 23.8 Å². The van der Waals surface area contributed by atoms with Crippen LogP contribution in [0.15, 0.2) is 18.2 Å². The molecule has 1 atom stereocenters. The molecule has 0 heterocycles. The van der Waals surface area contributed by atoms with E-state index in [1.807, 2.05) is 26.0 Å². The molecule has 100 valence electrons. The molecule has 1 rings (SSSR count). The van der Waals surface area contributed by atoms with Crippen LogP contribution in [0.2, 0.25) is 0 Å². The van der Waals surface area contributed by atoms with Gasteiger partial charge in [0.05, 0.1) is 5.25 Å². The molecule has 0 saturated heterocycles. The number of aryl methyl sites for hydroxylation is 1. The summed E-state index contributed by atoms with van der Waals surface area (Å²) in [7, 11) is 0. The van der Waals surface area contributed by atoms with E-state index in [2.05, 4.69) is 19.2 Å². The molecule has 1 unspecified atom stereocenters. The van der Waals surface area contributed by atoms with Crippen molar-refractivity contribution < 1.29 is 4.79 Å². The molecule has 0 fully saturated rings. The van der Waals surface area contributed by atoms with Crippen LogP contribution in [0.4, 0.5) is 11.4 Å². The van der Waals surface area contributed by atoms with Crippen LogP contribution in [0.3, 0.4) is 0 Å². The highest BCUT2D eigenvalue weighted by Gasteiger charge is 2.14. The number of nitrogens with two attached hydrogens (primary N) is 1. The van der Waals surface area contributed by atoms with Crippen LogP contribution < -0.4 is 11.1 Å². The molecule has 0 radical (unpaired) electrons. The van der Waals surface area contributed by atoms with E-state index < -0.39 is 0 Å². The fourth-order valence-electron chi connectivity index (χ4n) is 1.47. The highest BCUT2D eigenvalue weighted by Crippen LogP contribution is 2.20. The van der Waals surface area contributed by atoms with Crippen molar-refractivity contribution in [2.75, 3.05) is 16.8 Å². The highest BCUT2D eigenvalue weighted by atomic mass is 32.2. The van der Waals surface area contributed by atoms with E-state index in [-0.39, 0.29) is 11.2 Å². The molecule has 4 heteroatoms. The lowest BCUT2D eigenvalue weighted by Gasteiger charge is -2.14. The molecule has 0 aliphatic heterocycles.